The van der Waals surface area contributed by atoms with Gasteiger partial charge in [-0.3, -0.25) is 4.79 Å². The number of benzene rings is 2. The van der Waals surface area contributed by atoms with Crippen molar-refractivity contribution >= 4 is 17.7 Å². The third-order valence-corrected chi connectivity index (χ3v) is 7.05. The van der Waals surface area contributed by atoms with Crippen LogP contribution < -0.4 is 10.5 Å². The Bertz CT molecular complexity index is 848. The lowest BCUT2D eigenvalue weighted by Gasteiger charge is -2.34. The molecule has 27 heavy (non-hydrogen) atoms. The third-order valence-electron chi connectivity index (χ3n) is 5.93. The third kappa shape index (κ3) is 3.23. The predicted octanol–water partition coefficient (Wildman–Crippen LogP) is 3.56. The Hall–Kier alpha value is -1.98. The number of hydrogen-bond donors (Lipinski definition) is 1. The predicted molar refractivity (Wildman–Crippen MR) is 109 cm³/mol. The van der Waals surface area contributed by atoms with Crippen LogP contribution in [0.5, 0.6) is 5.75 Å². The number of rotatable bonds is 5. The molecule has 4 nitrogen and oxygen atoms in total. The quantitative estimate of drug-likeness (QED) is 0.859. The molecule has 1 unspecified atom stereocenters. The first-order valence-corrected chi connectivity index (χ1v) is 10.6. The highest BCUT2D eigenvalue weighted by molar-refractivity contribution is 7.98. The number of hydrogen-bond acceptors (Lipinski definition) is 4. The molecule has 5 heteroatoms. The summed E-state index contributed by atoms with van der Waals surface area (Å²) in [4.78, 5) is 16.7. The van der Waals surface area contributed by atoms with Crippen LogP contribution in [0.1, 0.15) is 36.0 Å². The molecular weight excluding hydrogens is 356 g/mol. The van der Waals surface area contributed by atoms with Gasteiger partial charge in [-0.25, -0.2) is 0 Å². The minimum Gasteiger partial charge on any atom is -0.497 e. The molecule has 1 fully saturated rings. The summed E-state index contributed by atoms with van der Waals surface area (Å²) in [7, 11) is 1.66. The first-order valence-electron chi connectivity index (χ1n) is 9.57. The van der Waals surface area contributed by atoms with Crippen molar-refractivity contribution in [3.63, 3.8) is 0 Å². The maximum Gasteiger partial charge on any atom is 0.232 e. The number of nitrogens with two attached hydrogens (primary N) is 1. The molecule has 0 aliphatic carbocycles. The molecule has 2 N–H and O–H groups in total. The van der Waals surface area contributed by atoms with E-state index in [1.54, 1.807) is 18.9 Å². The van der Waals surface area contributed by atoms with Gasteiger partial charge in [0.05, 0.1) is 7.11 Å². The van der Waals surface area contributed by atoms with Crippen LogP contribution in [0.4, 0.5) is 0 Å². The topological polar surface area (TPSA) is 55.6 Å². The number of primary amides is 1. The van der Waals surface area contributed by atoms with Crippen molar-refractivity contribution in [2.45, 2.75) is 35.3 Å². The summed E-state index contributed by atoms with van der Waals surface area (Å²) in [5.74, 6) is 1.33. The van der Waals surface area contributed by atoms with E-state index in [0.29, 0.717) is 6.42 Å². The van der Waals surface area contributed by atoms with E-state index in [1.807, 2.05) is 24.3 Å². The standard InChI is InChI=1S/C22H26N2O2S/c1-26-17-8-9-20-19(14-17)22(21(23)25,10-13-24-11-4-5-12-24)18-7-3-2-6-16(18)15-27-20/h2-3,6-9,14H,4-5,10-13,15H2,1H3,(H2,23,25). The number of fused-ring (bicyclic) bond motifs is 2. The molecule has 0 spiro atoms. The second-order valence-corrected chi connectivity index (χ2v) is 8.39. The van der Waals surface area contributed by atoms with E-state index in [2.05, 4.69) is 23.1 Å². The summed E-state index contributed by atoms with van der Waals surface area (Å²) in [5.41, 5.74) is 8.58. The Morgan fingerprint density at radius 2 is 1.96 bits per heavy atom. The Labute approximate surface area is 165 Å². The van der Waals surface area contributed by atoms with Crippen molar-refractivity contribution in [1.82, 2.24) is 4.90 Å². The summed E-state index contributed by atoms with van der Waals surface area (Å²) in [6.07, 6.45) is 3.17. The number of likely N-dealkylation sites (tertiary alicyclic amines) is 1. The SMILES string of the molecule is COc1ccc2c(c1)C(CCN1CCCC1)(C(N)=O)c1ccccc1CS2. The molecule has 4 rings (SSSR count). The minimum atomic E-state index is -0.827. The molecular formula is C22H26N2O2S. The van der Waals surface area contributed by atoms with Crippen LogP contribution in [-0.2, 0) is 16.0 Å². The molecule has 1 saturated heterocycles. The number of ether oxygens (including phenoxy) is 1. The largest absolute Gasteiger partial charge is 0.497 e. The van der Waals surface area contributed by atoms with Crippen LogP contribution in [0.15, 0.2) is 47.4 Å². The van der Waals surface area contributed by atoms with E-state index in [0.717, 1.165) is 47.2 Å². The number of carbonyl (C=O) groups excluding carboxylic acids is 1. The van der Waals surface area contributed by atoms with Crippen LogP contribution in [0.25, 0.3) is 0 Å². The van der Waals surface area contributed by atoms with Crippen molar-refractivity contribution in [2.24, 2.45) is 5.73 Å². The van der Waals surface area contributed by atoms with E-state index in [4.69, 9.17) is 10.5 Å². The maximum absolute atomic E-state index is 13.1. The molecule has 2 heterocycles. The van der Waals surface area contributed by atoms with Crippen molar-refractivity contribution in [3.05, 3.63) is 59.2 Å². The van der Waals surface area contributed by atoms with Crippen molar-refractivity contribution in [3.8, 4) is 5.75 Å². The zero-order valence-corrected chi connectivity index (χ0v) is 16.6. The van der Waals surface area contributed by atoms with Gasteiger partial charge in [0.15, 0.2) is 0 Å². The van der Waals surface area contributed by atoms with Crippen molar-refractivity contribution in [1.29, 1.82) is 0 Å². The molecule has 2 aromatic carbocycles. The zero-order valence-electron chi connectivity index (χ0n) is 15.7. The number of amides is 1. The zero-order chi connectivity index (χ0) is 18.9. The van der Waals surface area contributed by atoms with Crippen LogP contribution in [0.3, 0.4) is 0 Å². The van der Waals surface area contributed by atoms with E-state index >= 15 is 0 Å². The molecule has 2 aromatic rings. The van der Waals surface area contributed by atoms with Gasteiger partial charge in [0.1, 0.15) is 11.2 Å². The van der Waals surface area contributed by atoms with E-state index in [9.17, 15) is 4.79 Å². The number of nitrogens with zero attached hydrogens (tertiary/aromatic N) is 1. The smallest absolute Gasteiger partial charge is 0.232 e. The Kier molecular flexibility index (Phi) is 5.15. The van der Waals surface area contributed by atoms with Gasteiger partial charge in [-0.1, -0.05) is 24.3 Å². The van der Waals surface area contributed by atoms with Crippen LogP contribution in [0.2, 0.25) is 0 Å². The highest BCUT2D eigenvalue weighted by Crippen LogP contribution is 2.47. The molecule has 0 radical (unpaired) electrons. The molecule has 0 saturated carbocycles. The van der Waals surface area contributed by atoms with E-state index < -0.39 is 5.41 Å². The Morgan fingerprint density at radius 3 is 2.70 bits per heavy atom. The van der Waals surface area contributed by atoms with Crippen molar-refractivity contribution in [2.75, 3.05) is 26.7 Å². The van der Waals surface area contributed by atoms with Gasteiger partial charge in [0.2, 0.25) is 5.91 Å². The van der Waals surface area contributed by atoms with Gasteiger partial charge in [-0.2, -0.15) is 0 Å². The van der Waals surface area contributed by atoms with Gasteiger partial charge in [0.25, 0.3) is 0 Å². The summed E-state index contributed by atoms with van der Waals surface area (Å²) >= 11 is 1.77. The lowest BCUT2D eigenvalue weighted by atomic mass is 9.69. The highest BCUT2D eigenvalue weighted by atomic mass is 32.2. The van der Waals surface area contributed by atoms with Gasteiger partial charge in [-0.05, 0) is 73.8 Å². The molecule has 1 atom stereocenters. The fourth-order valence-corrected chi connectivity index (χ4v) is 5.56. The molecule has 0 bridgehead atoms. The van der Waals surface area contributed by atoms with Crippen LogP contribution >= 0.6 is 11.8 Å². The second-order valence-electron chi connectivity index (χ2n) is 7.38. The molecule has 142 valence electrons. The Morgan fingerprint density at radius 1 is 1.19 bits per heavy atom. The van der Waals surface area contributed by atoms with E-state index in [-0.39, 0.29) is 5.91 Å². The van der Waals surface area contributed by atoms with Crippen LogP contribution in [0, 0.1) is 0 Å². The summed E-state index contributed by atoms with van der Waals surface area (Å²) in [6.45, 7) is 3.09. The van der Waals surface area contributed by atoms with Gasteiger partial charge < -0.3 is 15.4 Å². The van der Waals surface area contributed by atoms with Gasteiger partial charge in [0, 0.05) is 10.6 Å². The molecule has 2 aliphatic heterocycles. The lowest BCUT2D eigenvalue weighted by Crippen LogP contribution is -2.45. The first kappa shape index (κ1) is 18.4. The van der Waals surface area contributed by atoms with Gasteiger partial charge >= 0.3 is 0 Å². The summed E-state index contributed by atoms with van der Waals surface area (Å²) in [5, 5.41) is 0. The molecule has 2 aliphatic rings. The second kappa shape index (κ2) is 7.56. The van der Waals surface area contributed by atoms with E-state index in [1.165, 1.54) is 18.4 Å². The lowest BCUT2D eigenvalue weighted by molar-refractivity contribution is -0.122. The molecule has 1 amide bonds. The minimum absolute atomic E-state index is 0.272. The number of methoxy groups -OCH3 is 1. The van der Waals surface area contributed by atoms with Crippen LogP contribution in [-0.4, -0.2) is 37.6 Å². The molecule has 0 aromatic heterocycles. The average Bonchev–Trinajstić information content (AvgIpc) is 3.16. The number of carbonyl (C=O) groups is 1. The fraction of sp³-hybridized carbons (Fsp3) is 0.409. The van der Waals surface area contributed by atoms with Crippen molar-refractivity contribution < 1.29 is 9.53 Å². The Balaban J connectivity index is 1.89. The first-order chi connectivity index (χ1) is 13.1. The number of thioether (sulfide) groups is 1. The average molecular weight is 383 g/mol. The normalized spacial score (nSPS) is 22.0. The summed E-state index contributed by atoms with van der Waals surface area (Å²) < 4.78 is 5.49. The summed E-state index contributed by atoms with van der Waals surface area (Å²) in [6, 6.07) is 14.3. The maximum atomic E-state index is 13.1. The fourth-order valence-electron chi connectivity index (χ4n) is 4.45. The van der Waals surface area contributed by atoms with Gasteiger partial charge in [-0.15, -0.1) is 11.8 Å². The highest BCUT2D eigenvalue weighted by Gasteiger charge is 2.45. The monoisotopic (exact) mass is 382 g/mol.